The van der Waals surface area contributed by atoms with Crippen LogP contribution in [0.25, 0.3) is 0 Å². The number of benzene rings is 1. The van der Waals surface area contributed by atoms with E-state index in [0.717, 1.165) is 42.9 Å². The van der Waals surface area contributed by atoms with Crippen molar-refractivity contribution in [2.45, 2.75) is 39.7 Å². The molecule has 2 heterocycles. The molecule has 0 radical (unpaired) electrons. The molecule has 2 aliphatic rings. The van der Waals surface area contributed by atoms with E-state index in [-0.39, 0.29) is 11.9 Å². The lowest BCUT2D eigenvalue weighted by atomic mass is 10.0. The molecule has 23 heavy (non-hydrogen) atoms. The number of hydrogen-bond donors (Lipinski definition) is 0. The van der Waals surface area contributed by atoms with Gasteiger partial charge in [0.2, 0.25) is 0 Å². The topological polar surface area (TPSA) is 57.4 Å². The van der Waals surface area contributed by atoms with Gasteiger partial charge in [0.1, 0.15) is 0 Å². The lowest BCUT2D eigenvalue weighted by Gasteiger charge is -2.28. The predicted molar refractivity (Wildman–Crippen MR) is 91.1 cm³/mol. The monoisotopic (exact) mass is 310 g/mol. The Hall–Kier alpha value is -2.14. The van der Waals surface area contributed by atoms with Crippen LogP contribution in [0.3, 0.4) is 0 Å². The van der Waals surface area contributed by atoms with Crippen molar-refractivity contribution in [2.75, 3.05) is 13.1 Å². The van der Waals surface area contributed by atoms with Gasteiger partial charge in [-0.05, 0) is 44.4 Å². The first-order valence-electron chi connectivity index (χ1n) is 8.11. The molecule has 0 saturated carbocycles. The van der Waals surface area contributed by atoms with Gasteiger partial charge in [0.25, 0.3) is 5.91 Å². The molecule has 3 rings (SSSR count). The largest absolute Gasteiger partial charge is 0.296 e. The van der Waals surface area contributed by atoms with Crippen LogP contribution in [0.5, 0.6) is 0 Å². The number of aliphatic imine (C=N–C) groups is 1. The average molecular weight is 310 g/mol. The van der Waals surface area contributed by atoms with Crippen molar-refractivity contribution in [3.8, 4) is 0 Å². The first kappa shape index (κ1) is 15.7. The van der Waals surface area contributed by atoms with E-state index in [4.69, 9.17) is 0 Å². The number of aryl methyl sites for hydroxylation is 1. The van der Waals surface area contributed by atoms with Crippen LogP contribution in [-0.2, 0) is 4.79 Å². The fourth-order valence-electron chi connectivity index (χ4n) is 3.18. The second-order valence-corrected chi connectivity index (χ2v) is 6.08. The van der Waals surface area contributed by atoms with Crippen LogP contribution >= 0.6 is 0 Å². The number of carbonyl (C=O) groups is 1. The third-order valence-corrected chi connectivity index (χ3v) is 4.68. The molecule has 120 valence electrons. The van der Waals surface area contributed by atoms with Gasteiger partial charge in [-0.1, -0.05) is 12.1 Å². The zero-order chi connectivity index (χ0) is 16.4. The highest BCUT2D eigenvalue weighted by Crippen LogP contribution is 2.31. The third-order valence-electron chi connectivity index (χ3n) is 4.68. The van der Waals surface area contributed by atoms with Crippen LogP contribution in [-0.4, -0.2) is 30.1 Å². The van der Waals surface area contributed by atoms with Crippen molar-refractivity contribution >= 4 is 17.8 Å². The highest BCUT2D eigenvalue weighted by Gasteiger charge is 2.27. The second kappa shape index (κ2) is 6.54. The minimum atomic E-state index is -0.149. The summed E-state index contributed by atoms with van der Waals surface area (Å²) in [7, 11) is 0. The normalized spacial score (nSPS) is 20.2. The van der Waals surface area contributed by atoms with E-state index in [9.17, 15) is 4.79 Å². The Bertz CT molecular complexity index is 708. The minimum Gasteiger partial charge on any atom is -0.296 e. The van der Waals surface area contributed by atoms with E-state index in [1.54, 1.807) is 0 Å². The van der Waals surface area contributed by atoms with Gasteiger partial charge < -0.3 is 0 Å². The quantitative estimate of drug-likeness (QED) is 0.788. The Kier molecular flexibility index (Phi) is 4.48. The Balaban J connectivity index is 1.77. The zero-order valence-corrected chi connectivity index (χ0v) is 13.9. The first-order valence-corrected chi connectivity index (χ1v) is 8.11. The van der Waals surface area contributed by atoms with E-state index in [0.29, 0.717) is 0 Å². The number of rotatable bonds is 3. The molecule has 0 aliphatic carbocycles. The van der Waals surface area contributed by atoms with Crippen LogP contribution in [0.2, 0.25) is 0 Å². The van der Waals surface area contributed by atoms with E-state index in [2.05, 4.69) is 52.2 Å². The summed E-state index contributed by atoms with van der Waals surface area (Å²) in [6, 6.07) is 6.75. The van der Waals surface area contributed by atoms with E-state index < -0.39 is 0 Å². The van der Waals surface area contributed by atoms with Crippen molar-refractivity contribution in [3.63, 3.8) is 0 Å². The molecule has 5 heteroatoms. The Morgan fingerprint density at radius 3 is 2.83 bits per heavy atom. The molecular weight excluding hydrogens is 288 g/mol. The van der Waals surface area contributed by atoms with Gasteiger partial charge in [0.05, 0.1) is 11.4 Å². The van der Waals surface area contributed by atoms with Gasteiger partial charge >= 0.3 is 0 Å². The molecule has 0 fully saturated rings. The third kappa shape index (κ3) is 3.15. The van der Waals surface area contributed by atoms with Crippen LogP contribution < -0.4 is 0 Å². The standard InChI is InChI=1S/C18H22N4O/c1-4-19-17-11-14(6-5-12(17)2)13(3)22-9-7-15-16(8-10-22)20-21-18(15)23/h4-6,11,13H,7-10H2,1-3H3. The maximum atomic E-state index is 11.7. The molecule has 5 nitrogen and oxygen atoms in total. The van der Waals surface area contributed by atoms with Crippen LogP contribution in [0.15, 0.2) is 44.7 Å². The number of azo groups is 1. The number of amides is 1. The minimum absolute atomic E-state index is 0.149. The Morgan fingerprint density at radius 2 is 2.04 bits per heavy atom. The summed E-state index contributed by atoms with van der Waals surface area (Å²) in [4.78, 5) is 18.6. The summed E-state index contributed by atoms with van der Waals surface area (Å²) in [6.07, 6.45) is 3.35. The van der Waals surface area contributed by atoms with Crippen molar-refractivity contribution in [1.29, 1.82) is 0 Å². The molecule has 0 spiro atoms. The molecule has 1 aromatic carbocycles. The van der Waals surface area contributed by atoms with Gasteiger partial charge in [0, 0.05) is 37.3 Å². The lowest BCUT2D eigenvalue weighted by Crippen LogP contribution is -2.28. The molecule has 1 unspecified atom stereocenters. The summed E-state index contributed by atoms with van der Waals surface area (Å²) >= 11 is 0. The van der Waals surface area contributed by atoms with Gasteiger partial charge in [-0.15, -0.1) is 5.11 Å². The van der Waals surface area contributed by atoms with Crippen molar-refractivity contribution in [1.82, 2.24) is 4.90 Å². The van der Waals surface area contributed by atoms with Gasteiger partial charge in [-0.25, -0.2) is 0 Å². The fourth-order valence-corrected chi connectivity index (χ4v) is 3.18. The van der Waals surface area contributed by atoms with Crippen molar-refractivity contribution in [3.05, 3.63) is 40.6 Å². The first-order chi connectivity index (χ1) is 11.1. The summed E-state index contributed by atoms with van der Waals surface area (Å²) in [5.74, 6) is -0.149. The molecule has 0 N–H and O–H groups in total. The summed E-state index contributed by atoms with van der Waals surface area (Å²) in [5, 5.41) is 7.69. The van der Waals surface area contributed by atoms with Gasteiger partial charge in [0.15, 0.2) is 0 Å². The van der Waals surface area contributed by atoms with Gasteiger partial charge in [-0.2, -0.15) is 5.11 Å². The maximum absolute atomic E-state index is 11.7. The molecule has 1 aromatic rings. The Morgan fingerprint density at radius 1 is 1.26 bits per heavy atom. The molecule has 0 bridgehead atoms. The molecular formula is C18H22N4O. The summed E-state index contributed by atoms with van der Waals surface area (Å²) in [6.45, 7) is 7.98. The highest BCUT2D eigenvalue weighted by atomic mass is 16.2. The fraction of sp³-hybridized carbons (Fsp3) is 0.444. The lowest BCUT2D eigenvalue weighted by molar-refractivity contribution is -0.114. The van der Waals surface area contributed by atoms with Crippen LogP contribution in [0.4, 0.5) is 5.69 Å². The summed E-state index contributed by atoms with van der Waals surface area (Å²) in [5.41, 5.74) is 5.15. The Labute approximate surface area is 136 Å². The van der Waals surface area contributed by atoms with Crippen LogP contribution in [0.1, 0.15) is 43.9 Å². The van der Waals surface area contributed by atoms with E-state index >= 15 is 0 Å². The molecule has 0 saturated heterocycles. The SMILES string of the molecule is CC=Nc1cc(C(C)N2CCC3=C(CC2)C(=O)N=N3)ccc1C. The zero-order valence-electron chi connectivity index (χ0n) is 13.9. The molecule has 1 amide bonds. The summed E-state index contributed by atoms with van der Waals surface area (Å²) < 4.78 is 0. The second-order valence-electron chi connectivity index (χ2n) is 6.08. The molecule has 1 atom stereocenters. The predicted octanol–water partition coefficient (Wildman–Crippen LogP) is 4.12. The van der Waals surface area contributed by atoms with E-state index in [1.807, 2.05) is 13.1 Å². The number of hydrogen-bond acceptors (Lipinski definition) is 4. The van der Waals surface area contributed by atoms with Crippen molar-refractivity contribution in [2.24, 2.45) is 15.2 Å². The molecule has 0 aromatic heterocycles. The number of nitrogens with zero attached hydrogens (tertiary/aromatic N) is 4. The smallest absolute Gasteiger partial charge is 0.293 e. The van der Waals surface area contributed by atoms with Crippen LogP contribution in [0, 0.1) is 6.92 Å². The highest BCUT2D eigenvalue weighted by molar-refractivity contribution is 5.96. The number of carbonyl (C=O) groups excluding carboxylic acids is 1. The maximum Gasteiger partial charge on any atom is 0.293 e. The van der Waals surface area contributed by atoms with E-state index in [1.165, 1.54) is 11.1 Å². The average Bonchev–Trinajstić information content (AvgIpc) is 2.77. The molecule has 2 aliphatic heterocycles. The van der Waals surface area contributed by atoms with Crippen molar-refractivity contribution < 1.29 is 4.79 Å². The van der Waals surface area contributed by atoms with Gasteiger partial charge in [-0.3, -0.25) is 14.7 Å².